The van der Waals surface area contributed by atoms with Crippen molar-refractivity contribution >= 4 is 46.0 Å². The Bertz CT molecular complexity index is 1320. The molecule has 0 bridgehead atoms. The average molecular weight is 542 g/mol. The SMILES string of the molecule is COC(=O)CC1CCN(C(=O)c2ccc(Cl)c(Cn3cc4cc(C(F)(F)F)cc(C)c4n3)c2Cl)CC1. The molecule has 192 valence electrons. The lowest BCUT2D eigenvalue weighted by molar-refractivity contribution is -0.142. The molecule has 0 spiro atoms. The number of ether oxygens (including phenoxy) is 1. The van der Waals surface area contributed by atoms with Gasteiger partial charge in [0.25, 0.3) is 5.91 Å². The van der Waals surface area contributed by atoms with Crippen LogP contribution >= 0.6 is 23.2 Å². The van der Waals surface area contributed by atoms with Crippen molar-refractivity contribution in [3.63, 3.8) is 0 Å². The van der Waals surface area contributed by atoms with Crippen LogP contribution in [0.25, 0.3) is 10.9 Å². The van der Waals surface area contributed by atoms with E-state index in [4.69, 9.17) is 27.9 Å². The molecule has 0 saturated carbocycles. The van der Waals surface area contributed by atoms with Gasteiger partial charge in [0, 0.05) is 41.7 Å². The van der Waals surface area contributed by atoms with Gasteiger partial charge in [0.2, 0.25) is 0 Å². The number of methoxy groups -OCH3 is 1. The van der Waals surface area contributed by atoms with Crippen molar-refractivity contribution in [1.29, 1.82) is 0 Å². The first-order chi connectivity index (χ1) is 17.0. The third kappa shape index (κ3) is 5.47. The zero-order valence-corrected chi connectivity index (χ0v) is 21.2. The van der Waals surface area contributed by atoms with Crippen LogP contribution in [-0.2, 0) is 22.3 Å². The van der Waals surface area contributed by atoms with E-state index in [1.165, 1.54) is 18.0 Å². The van der Waals surface area contributed by atoms with Gasteiger partial charge in [0.05, 0.1) is 35.3 Å². The Balaban J connectivity index is 1.55. The summed E-state index contributed by atoms with van der Waals surface area (Å²) >= 11 is 13.0. The van der Waals surface area contributed by atoms with E-state index < -0.39 is 11.7 Å². The number of halogens is 5. The second-order valence-electron chi connectivity index (χ2n) is 8.96. The standard InChI is InChI=1S/C25H24Cl2F3N3O3/c1-14-9-17(25(28,29)30)11-16-12-33(31-23(14)16)13-19-20(26)4-3-18(22(19)27)24(35)32-7-5-15(6-8-32)10-21(34)36-2/h3-4,9,11-12,15H,5-8,10,13H2,1-2H3. The summed E-state index contributed by atoms with van der Waals surface area (Å²) in [6.45, 7) is 2.62. The Morgan fingerprint density at radius 3 is 2.50 bits per heavy atom. The highest BCUT2D eigenvalue weighted by atomic mass is 35.5. The van der Waals surface area contributed by atoms with Gasteiger partial charge >= 0.3 is 12.1 Å². The molecule has 1 fully saturated rings. The number of carbonyl (C=O) groups excluding carboxylic acids is 2. The minimum Gasteiger partial charge on any atom is -0.469 e. The van der Waals surface area contributed by atoms with Crippen molar-refractivity contribution in [3.8, 4) is 0 Å². The van der Waals surface area contributed by atoms with Crippen LogP contribution < -0.4 is 0 Å². The number of piperidine rings is 1. The molecule has 0 radical (unpaired) electrons. The van der Waals surface area contributed by atoms with E-state index >= 15 is 0 Å². The summed E-state index contributed by atoms with van der Waals surface area (Å²) in [5.41, 5.74) is 0.833. The second kappa shape index (κ2) is 10.3. The van der Waals surface area contributed by atoms with Crippen LogP contribution in [-0.4, -0.2) is 46.8 Å². The Morgan fingerprint density at radius 2 is 1.86 bits per heavy atom. The first-order valence-corrected chi connectivity index (χ1v) is 12.1. The quantitative estimate of drug-likeness (QED) is 0.364. The number of benzene rings is 2. The van der Waals surface area contributed by atoms with Crippen LogP contribution in [0, 0.1) is 12.8 Å². The molecule has 1 aromatic heterocycles. The normalized spacial score (nSPS) is 14.9. The van der Waals surface area contributed by atoms with Crippen LogP contribution in [0.3, 0.4) is 0 Å². The van der Waals surface area contributed by atoms with Crippen molar-refractivity contribution in [1.82, 2.24) is 14.7 Å². The molecule has 1 aliphatic rings. The van der Waals surface area contributed by atoms with Crippen molar-refractivity contribution in [2.45, 2.75) is 38.9 Å². The van der Waals surface area contributed by atoms with E-state index in [0.29, 0.717) is 59.4 Å². The number of nitrogens with zero attached hydrogens (tertiary/aromatic N) is 3. The summed E-state index contributed by atoms with van der Waals surface area (Å²) < 4.78 is 45.8. The molecule has 1 saturated heterocycles. The Labute approximate surface area is 215 Å². The molecular weight excluding hydrogens is 518 g/mol. The van der Waals surface area contributed by atoms with Gasteiger partial charge < -0.3 is 9.64 Å². The lowest BCUT2D eigenvalue weighted by Crippen LogP contribution is -2.39. The molecule has 6 nitrogen and oxygen atoms in total. The number of hydrogen-bond donors (Lipinski definition) is 0. The number of likely N-dealkylation sites (tertiary alicyclic amines) is 1. The van der Waals surface area contributed by atoms with Crippen molar-refractivity contribution in [2.24, 2.45) is 5.92 Å². The number of hydrogen-bond acceptors (Lipinski definition) is 4. The summed E-state index contributed by atoms with van der Waals surface area (Å²) in [6, 6.07) is 5.26. The highest BCUT2D eigenvalue weighted by molar-refractivity contribution is 6.38. The van der Waals surface area contributed by atoms with Crippen LogP contribution in [0.5, 0.6) is 0 Å². The Kier molecular flexibility index (Phi) is 7.52. The molecule has 36 heavy (non-hydrogen) atoms. The van der Waals surface area contributed by atoms with E-state index in [2.05, 4.69) is 5.10 Å². The molecule has 0 N–H and O–H groups in total. The van der Waals surface area contributed by atoms with E-state index in [0.717, 1.165) is 12.1 Å². The van der Waals surface area contributed by atoms with Crippen LogP contribution in [0.1, 0.15) is 46.3 Å². The van der Waals surface area contributed by atoms with Crippen LogP contribution in [0.15, 0.2) is 30.5 Å². The highest BCUT2D eigenvalue weighted by Crippen LogP contribution is 2.34. The number of alkyl halides is 3. The molecular formula is C25H24Cl2F3N3O3. The second-order valence-corrected chi connectivity index (χ2v) is 9.74. The Morgan fingerprint density at radius 1 is 1.17 bits per heavy atom. The van der Waals surface area contributed by atoms with E-state index in [-0.39, 0.29) is 34.9 Å². The molecule has 3 aromatic rings. The third-order valence-electron chi connectivity index (χ3n) is 6.50. The predicted octanol–water partition coefficient (Wildman–Crippen LogP) is 6.13. The maximum atomic E-state index is 13.2. The van der Waals surface area contributed by atoms with Gasteiger partial charge in [-0.05, 0) is 55.5 Å². The topological polar surface area (TPSA) is 64.4 Å². The van der Waals surface area contributed by atoms with Crippen molar-refractivity contribution in [2.75, 3.05) is 20.2 Å². The molecule has 1 amide bonds. The molecule has 4 rings (SSSR count). The minimum atomic E-state index is -4.46. The lowest BCUT2D eigenvalue weighted by atomic mass is 9.93. The highest BCUT2D eigenvalue weighted by Gasteiger charge is 2.31. The minimum absolute atomic E-state index is 0.0788. The van der Waals surface area contributed by atoms with Gasteiger partial charge in [0.15, 0.2) is 0 Å². The monoisotopic (exact) mass is 541 g/mol. The van der Waals surface area contributed by atoms with Gasteiger partial charge in [0.1, 0.15) is 0 Å². The fraction of sp³-hybridized carbons (Fsp3) is 0.400. The largest absolute Gasteiger partial charge is 0.469 e. The zero-order chi connectivity index (χ0) is 26.2. The van der Waals surface area contributed by atoms with E-state index in [1.807, 2.05) is 0 Å². The summed E-state index contributed by atoms with van der Waals surface area (Å²) in [5.74, 6) is -0.347. The number of amides is 1. The summed E-state index contributed by atoms with van der Waals surface area (Å²) in [4.78, 5) is 26.4. The number of fused-ring (bicyclic) bond motifs is 1. The molecule has 2 aromatic carbocycles. The molecule has 1 aliphatic heterocycles. The first kappa shape index (κ1) is 26.3. The summed E-state index contributed by atoms with van der Waals surface area (Å²) in [7, 11) is 1.36. The maximum absolute atomic E-state index is 13.2. The van der Waals surface area contributed by atoms with Crippen molar-refractivity contribution < 1.29 is 27.5 Å². The predicted molar refractivity (Wildman–Crippen MR) is 130 cm³/mol. The zero-order valence-electron chi connectivity index (χ0n) is 19.7. The van der Waals surface area contributed by atoms with Gasteiger partial charge in [-0.3, -0.25) is 14.3 Å². The van der Waals surface area contributed by atoms with Crippen LogP contribution in [0.2, 0.25) is 10.0 Å². The number of aryl methyl sites for hydroxylation is 1. The fourth-order valence-electron chi connectivity index (χ4n) is 4.50. The van der Waals surface area contributed by atoms with Gasteiger partial charge in [-0.15, -0.1) is 0 Å². The van der Waals surface area contributed by atoms with Crippen molar-refractivity contribution in [3.05, 3.63) is 62.8 Å². The van der Waals surface area contributed by atoms with E-state index in [1.54, 1.807) is 24.0 Å². The lowest BCUT2D eigenvalue weighted by Gasteiger charge is -2.32. The number of aromatic nitrogens is 2. The molecule has 0 aliphatic carbocycles. The number of esters is 1. The summed E-state index contributed by atoms with van der Waals surface area (Å²) in [5, 5.41) is 5.26. The molecule has 0 atom stereocenters. The molecule has 2 heterocycles. The average Bonchev–Trinajstić information content (AvgIpc) is 3.24. The summed E-state index contributed by atoms with van der Waals surface area (Å²) in [6.07, 6.45) is -1.27. The van der Waals surface area contributed by atoms with Gasteiger partial charge in [-0.1, -0.05) is 23.2 Å². The Hall–Kier alpha value is -2.78. The van der Waals surface area contributed by atoms with Gasteiger partial charge in [-0.2, -0.15) is 18.3 Å². The first-order valence-electron chi connectivity index (χ1n) is 11.4. The van der Waals surface area contributed by atoms with Crippen LogP contribution in [0.4, 0.5) is 13.2 Å². The van der Waals surface area contributed by atoms with E-state index in [9.17, 15) is 22.8 Å². The molecule has 0 unspecified atom stereocenters. The number of carbonyl (C=O) groups is 2. The smallest absolute Gasteiger partial charge is 0.416 e. The molecule has 11 heteroatoms. The third-order valence-corrected chi connectivity index (χ3v) is 7.28. The maximum Gasteiger partial charge on any atom is 0.416 e. The fourth-order valence-corrected chi connectivity index (χ4v) is 5.07. The number of rotatable bonds is 5. The van der Waals surface area contributed by atoms with Gasteiger partial charge in [-0.25, -0.2) is 0 Å².